The van der Waals surface area contributed by atoms with Crippen LogP contribution < -0.4 is 19.7 Å². The van der Waals surface area contributed by atoms with Gasteiger partial charge in [-0.3, -0.25) is 4.79 Å². The summed E-state index contributed by atoms with van der Waals surface area (Å²) in [4.78, 5) is 26.3. The Hall–Kier alpha value is -3.77. The number of rotatable bonds is 7. The van der Waals surface area contributed by atoms with Gasteiger partial charge in [0, 0.05) is 5.02 Å². The molecule has 0 aromatic heterocycles. The molecule has 0 aliphatic carbocycles. The van der Waals surface area contributed by atoms with E-state index in [4.69, 9.17) is 21.1 Å². The third kappa shape index (κ3) is 4.76. The SMILES string of the molecule is CCOc1cc(/C=C2/NC(=O)N(c3ccccc3)C2=O)ccc1OCc1ccc(Cl)cc1. The molecular weight excluding hydrogens is 428 g/mol. The lowest BCUT2D eigenvalue weighted by molar-refractivity contribution is -0.113. The van der Waals surface area contributed by atoms with Crippen LogP contribution in [-0.2, 0) is 11.4 Å². The van der Waals surface area contributed by atoms with Crippen LogP contribution in [0.5, 0.6) is 11.5 Å². The molecule has 3 aromatic rings. The molecule has 3 amide bonds. The van der Waals surface area contributed by atoms with Gasteiger partial charge in [0.15, 0.2) is 11.5 Å². The molecule has 6 nitrogen and oxygen atoms in total. The second kappa shape index (κ2) is 9.58. The van der Waals surface area contributed by atoms with Crippen molar-refractivity contribution in [3.05, 3.63) is 94.6 Å². The molecular formula is C25H21ClN2O4. The summed E-state index contributed by atoms with van der Waals surface area (Å²) in [5.74, 6) is 0.714. The number of amides is 3. The van der Waals surface area contributed by atoms with E-state index < -0.39 is 11.9 Å². The van der Waals surface area contributed by atoms with Crippen LogP contribution in [0.1, 0.15) is 18.1 Å². The van der Waals surface area contributed by atoms with E-state index in [0.717, 1.165) is 10.5 Å². The Morgan fingerprint density at radius 2 is 1.69 bits per heavy atom. The van der Waals surface area contributed by atoms with E-state index >= 15 is 0 Å². The van der Waals surface area contributed by atoms with E-state index in [-0.39, 0.29) is 5.70 Å². The van der Waals surface area contributed by atoms with E-state index in [1.54, 1.807) is 48.5 Å². The summed E-state index contributed by atoms with van der Waals surface area (Å²) < 4.78 is 11.7. The summed E-state index contributed by atoms with van der Waals surface area (Å²) in [7, 11) is 0. The van der Waals surface area contributed by atoms with Gasteiger partial charge in [0.1, 0.15) is 12.3 Å². The third-order valence-electron chi connectivity index (χ3n) is 4.78. The molecule has 0 unspecified atom stereocenters. The van der Waals surface area contributed by atoms with Crippen LogP contribution in [0.25, 0.3) is 6.08 Å². The van der Waals surface area contributed by atoms with Gasteiger partial charge in [-0.25, -0.2) is 9.69 Å². The Morgan fingerprint density at radius 1 is 0.938 bits per heavy atom. The highest BCUT2D eigenvalue weighted by Gasteiger charge is 2.34. The Kier molecular flexibility index (Phi) is 6.42. The number of urea groups is 1. The molecule has 0 saturated carbocycles. The minimum atomic E-state index is -0.486. The van der Waals surface area contributed by atoms with Gasteiger partial charge in [-0.2, -0.15) is 0 Å². The predicted octanol–water partition coefficient (Wildman–Crippen LogP) is 5.42. The summed E-state index contributed by atoms with van der Waals surface area (Å²) in [6, 6.07) is 21.1. The van der Waals surface area contributed by atoms with Gasteiger partial charge >= 0.3 is 6.03 Å². The van der Waals surface area contributed by atoms with Crippen molar-refractivity contribution in [1.29, 1.82) is 0 Å². The van der Waals surface area contributed by atoms with Crippen molar-refractivity contribution in [3.8, 4) is 11.5 Å². The van der Waals surface area contributed by atoms with Gasteiger partial charge in [0.25, 0.3) is 5.91 Å². The monoisotopic (exact) mass is 448 g/mol. The number of hydrogen-bond donors (Lipinski definition) is 1. The summed E-state index contributed by atoms with van der Waals surface area (Å²) in [5.41, 5.74) is 2.38. The Labute approximate surface area is 191 Å². The molecule has 0 bridgehead atoms. The quantitative estimate of drug-likeness (QED) is 0.387. The minimum absolute atomic E-state index is 0.191. The van der Waals surface area contributed by atoms with Crippen molar-refractivity contribution in [1.82, 2.24) is 5.32 Å². The number of benzene rings is 3. The van der Waals surface area contributed by atoms with Crippen molar-refractivity contribution in [3.63, 3.8) is 0 Å². The fourth-order valence-corrected chi connectivity index (χ4v) is 3.38. The highest BCUT2D eigenvalue weighted by molar-refractivity contribution is 6.30. The molecule has 3 aromatic carbocycles. The maximum absolute atomic E-state index is 12.8. The zero-order valence-electron chi connectivity index (χ0n) is 17.4. The number of halogens is 1. The highest BCUT2D eigenvalue weighted by Crippen LogP contribution is 2.31. The van der Waals surface area contributed by atoms with E-state index in [2.05, 4.69) is 5.32 Å². The van der Waals surface area contributed by atoms with Gasteiger partial charge < -0.3 is 14.8 Å². The number of hydrogen-bond acceptors (Lipinski definition) is 4. The maximum atomic E-state index is 12.8. The van der Waals surface area contributed by atoms with Crippen molar-refractivity contribution < 1.29 is 19.1 Å². The molecule has 1 N–H and O–H groups in total. The fourth-order valence-electron chi connectivity index (χ4n) is 3.26. The van der Waals surface area contributed by atoms with Gasteiger partial charge in [-0.15, -0.1) is 0 Å². The topological polar surface area (TPSA) is 67.9 Å². The molecule has 0 atom stereocenters. The molecule has 162 valence electrons. The van der Waals surface area contributed by atoms with Crippen molar-refractivity contribution in [2.24, 2.45) is 0 Å². The normalized spacial score (nSPS) is 14.6. The molecule has 1 aliphatic heterocycles. The van der Waals surface area contributed by atoms with Crippen LogP contribution in [0.2, 0.25) is 5.02 Å². The average Bonchev–Trinajstić information content (AvgIpc) is 3.08. The van der Waals surface area contributed by atoms with Crippen LogP contribution >= 0.6 is 11.6 Å². The smallest absolute Gasteiger partial charge is 0.333 e. The zero-order valence-corrected chi connectivity index (χ0v) is 18.1. The molecule has 1 fully saturated rings. The third-order valence-corrected chi connectivity index (χ3v) is 5.03. The Balaban J connectivity index is 1.54. The van der Waals surface area contributed by atoms with Gasteiger partial charge in [0.05, 0.1) is 12.3 Å². The summed E-state index contributed by atoms with van der Waals surface area (Å²) in [5, 5.41) is 3.30. The molecule has 7 heteroatoms. The molecule has 0 spiro atoms. The zero-order chi connectivity index (χ0) is 22.5. The van der Waals surface area contributed by atoms with E-state index in [0.29, 0.717) is 41.0 Å². The Morgan fingerprint density at radius 3 is 2.41 bits per heavy atom. The molecule has 1 heterocycles. The number of carbonyl (C=O) groups is 2. The molecule has 1 saturated heterocycles. The van der Waals surface area contributed by atoms with Crippen LogP contribution in [0.15, 0.2) is 78.5 Å². The standard InChI is InChI=1S/C25H21ClN2O4/c1-2-31-23-15-18(10-13-22(23)32-16-17-8-11-19(26)12-9-17)14-21-24(29)28(25(30)27-21)20-6-4-3-5-7-20/h3-15H,2,16H2,1H3,(H,27,30)/b21-14+. The number of ether oxygens (including phenoxy) is 2. The first-order valence-corrected chi connectivity index (χ1v) is 10.5. The number of nitrogens with one attached hydrogen (secondary N) is 1. The van der Waals surface area contributed by atoms with E-state index in [1.807, 2.05) is 37.3 Å². The van der Waals surface area contributed by atoms with Crippen LogP contribution in [0.3, 0.4) is 0 Å². The van der Waals surface area contributed by atoms with Crippen LogP contribution in [0, 0.1) is 0 Å². The van der Waals surface area contributed by atoms with Crippen molar-refractivity contribution in [2.75, 3.05) is 11.5 Å². The summed E-state index contributed by atoms with van der Waals surface area (Å²) >= 11 is 5.93. The molecule has 4 rings (SSSR count). The summed E-state index contributed by atoms with van der Waals surface area (Å²) in [6.07, 6.45) is 1.62. The molecule has 32 heavy (non-hydrogen) atoms. The number of para-hydroxylation sites is 1. The van der Waals surface area contributed by atoms with E-state index in [1.165, 1.54) is 0 Å². The highest BCUT2D eigenvalue weighted by atomic mass is 35.5. The van der Waals surface area contributed by atoms with E-state index in [9.17, 15) is 9.59 Å². The van der Waals surface area contributed by atoms with Gasteiger partial charge in [-0.1, -0.05) is 48.0 Å². The average molecular weight is 449 g/mol. The maximum Gasteiger partial charge on any atom is 0.333 e. The first-order valence-electron chi connectivity index (χ1n) is 10.1. The van der Waals surface area contributed by atoms with Gasteiger partial charge in [0.2, 0.25) is 0 Å². The fraction of sp³-hybridized carbons (Fsp3) is 0.120. The first kappa shape index (κ1) is 21.5. The first-order chi connectivity index (χ1) is 15.5. The summed E-state index contributed by atoms with van der Waals surface area (Å²) in [6.45, 7) is 2.69. The van der Waals surface area contributed by atoms with Crippen LogP contribution in [-0.4, -0.2) is 18.5 Å². The van der Waals surface area contributed by atoms with Crippen LogP contribution in [0.4, 0.5) is 10.5 Å². The Bertz CT molecular complexity index is 1160. The minimum Gasteiger partial charge on any atom is -0.490 e. The van der Waals surface area contributed by atoms with Gasteiger partial charge in [-0.05, 0) is 60.5 Å². The van der Waals surface area contributed by atoms with Crippen molar-refractivity contribution >= 4 is 35.3 Å². The number of nitrogens with zero attached hydrogens (tertiary/aromatic N) is 1. The largest absolute Gasteiger partial charge is 0.490 e. The lowest BCUT2D eigenvalue weighted by atomic mass is 10.1. The lowest BCUT2D eigenvalue weighted by Gasteiger charge is -2.13. The predicted molar refractivity (Wildman–Crippen MR) is 124 cm³/mol. The number of anilines is 1. The number of imide groups is 1. The molecule has 1 aliphatic rings. The lowest BCUT2D eigenvalue weighted by Crippen LogP contribution is -2.30. The second-order valence-electron chi connectivity index (χ2n) is 7.02. The van der Waals surface area contributed by atoms with Crippen molar-refractivity contribution in [2.45, 2.75) is 13.5 Å². The number of carbonyl (C=O) groups excluding carboxylic acids is 2. The second-order valence-corrected chi connectivity index (χ2v) is 7.46. The molecule has 0 radical (unpaired) electrons.